The van der Waals surface area contributed by atoms with Gasteiger partial charge in [-0.05, 0) is 36.6 Å². The van der Waals surface area contributed by atoms with Gasteiger partial charge in [0, 0.05) is 11.7 Å². The standard InChI is InChI=1S/C14H23NO2S/c1-6-18(16,17)13-9-7-12(8-10-13)15-11(2)14(3,4)5/h7-11,15H,6H2,1-5H3. The van der Waals surface area contributed by atoms with Crippen LogP contribution in [0.4, 0.5) is 5.69 Å². The van der Waals surface area contributed by atoms with Crippen molar-refractivity contribution in [2.24, 2.45) is 5.41 Å². The first kappa shape index (κ1) is 15.0. The maximum atomic E-state index is 11.7. The van der Waals surface area contributed by atoms with Crippen molar-refractivity contribution in [1.29, 1.82) is 0 Å². The van der Waals surface area contributed by atoms with Gasteiger partial charge >= 0.3 is 0 Å². The maximum Gasteiger partial charge on any atom is 0.178 e. The summed E-state index contributed by atoms with van der Waals surface area (Å²) in [6.07, 6.45) is 0. The molecule has 0 aliphatic heterocycles. The average Bonchev–Trinajstić information content (AvgIpc) is 2.28. The molecule has 1 N–H and O–H groups in total. The SMILES string of the molecule is CCS(=O)(=O)c1ccc(NC(C)C(C)(C)C)cc1. The van der Waals surface area contributed by atoms with Crippen molar-refractivity contribution < 1.29 is 8.42 Å². The predicted octanol–water partition coefficient (Wildman–Crippen LogP) is 3.33. The number of sulfone groups is 1. The Kier molecular flexibility index (Phi) is 4.43. The molecule has 0 radical (unpaired) electrons. The third-order valence-corrected chi connectivity index (χ3v) is 5.03. The first-order valence-electron chi connectivity index (χ1n) is 6.26. The quantitative estimate of drug-likeness (QED) is 0.912. The summed E-state index contributed by atoms with van der Waals surface area (Å²) in [7, 11) is -3.10. The summed E-state index contributed by atoms with van der Waals surface area (Å²) in [4.78, 5) is 0.388. The first-order chi connectivity index (χ1) is 8.16. The second kappa shape index (κ2) is 5.31. The van der Waals surface area contributed by atoms with E-state index in [-0.39, 0.29) is 11.2 Å². The minimum atomic E-state index is -3.10. The molecule has 1 aromatic carbocycles. The van der Waals surface area contributed by atoms with Crippen LogP contribution in [-0.2, 0) is 9.84 Å². The molecule has 0 saturated carbocycles. The van der Waals surface area contributed by atoms with Gasteiger partial charge in [0.2, 0.25) is 0 Å². The smallest absolute Gasteiger partial charge is 0.178 e. The van der Waals surface area contributed by atoms with E-state index in [2.05, 4.69) is 33.0 Å². The van der Waals surface area contributed by atoms with Crippen LogP contribution in [0, 0.1) is 5.41 Å². The van der Waals surface area contributed by atoms with Crippen LogP contribution in [0.25, 0.3) is 0 Å². The van der Waals surface area contributed by atoms with E-state index in [0.717, 1.165) is 5.69 Å². The fraction of sp³-hybridized carbons (Fsp3) is 0.571. The Labute approximate surface area is 111 Å². The first-order valence-corrected chi connectivity index (χ1v) is 7.91. The zero-order valence-electron chi connectivity index (χ0n) is 11.8. The van der Waals surface area contributed by atoms with E-state index in [4.69, 9.17) is 0 Å². The lowest BCUT2D eigenvalue weighted by molar-refractivity contribution is 0.359. The van der Waals surface area contributed by atoms with Gasteiger partial charge in [-0.1, -0.05) is 27.7 Å². The van der Waals surface area contributed by atoms with Gasteiger partial charge in [0.1, 0.15) is 0 Å². The van der Waals surface area contributed by atoms with Crippen LogP contribution in [0.5, 0.6) is 0 Å². The number of nitrogens with one attached hydrogen (secondary N) is 1. The van der Waals surface area contributed by atoms with Crippen molar-refractivity contribution in [1.82, 2.24) is 0 Å². The molecule has 0 aromatic heterocycles. The molecular formula is C14H23NO2S. The van der Waals surface area contributed by atoms with E-state index < -0.39 is 9.84 Å². The van der Waals surface area contributed by atoms with Gasteiger partial charge in [-0.2, -0.15) is 0 Å². The molecule has 0 spiro atoms. The van der Waals surface area contributed by atoms with Gasteiger partial charge in [-0.15, -0.1) is 0 Å². The molecular weight excluding hydrogens is 246 g/mol. The Morgan fingerprint density at radius 1 is 1.17 bits per heavy atom. The molecule has 0 fully saturated rings. The van der Waals surface area contributed by atoms with Crippen LogP contribution >= 0.6 is 0 Å². The molecule has 18 heavy (non-hydrogen) atoms. The number of anilines is 1. The highest BCUT2D eigenvalue weighted by Crippen LogP contribution is 2.23. The molecule has 1 atom stereocenters. The summed E-state index contributed by atoms with van der Waals surface area (Å²) in [6, 6.07) is 7.29. The minimum Gasteiger partial charge on any atom is -0.382 e. The van der Waals surface area contributed by atoms with E-state index in [1.54, 1.807) is 19.1 Å². The number of benzene rings is 1. The lowest BCUT2D eigenvalue weighted by Crippen LogP contribution is -2.30. The van der Waals surface area contributed by atoms with E-state index in [9.17, 15) is 8.42 Å². The maximum absolute atomic E-state index is 11.7. The number of rotatable bonds is 4. The zero-order valence-corrected chi connectivity index (χ0v) is 12.6. The minimum absolute atomic E-state index is 0.137. The second-order valence-electron chi connectivity index (χ2n) is 5.66. The van der Waals surface area contributed by atoms with E-state index >= 15 is 0 Å². The third-order valence-electron chi connectivity index (χ3n) is 3.28. The van der Waals surface area contributed by atoms with Gasteiger partial charge in [0.25, 0.3) is 0 Å². The summed E-state index contributed by atoms with van der Waals surface area (Å²) in [5.74, 6) is 0.137. The molecule has 0 aliphatic rings. The summed E-state index contributed by atoms with van der Waals surface area (Å²) >= 11 is 0. The molecule has 102 valence electrons. The predicted molar refractivity (Wildman–Crippen MR) is 76.7 cm³/mol. The molecule has 3 nitrogen and oxygen atoms in total. The fourth-order valence-electron chi connectivity index (χ4n) is 1.39. The van der Waals surface area contributed by atoms with Crippen molar-refractivity contribution in [3.8, 4) is 0 Å². The molecule has 0 heterocycles. The molecule has 4 heteroatoms. The van der Waals surface area contributed by atoms with Crippen LogP contribution in [0.3, 0.4) is 0 Å². The summed E-state index contributed by atoms with van der Waals surface area (Å²) in [5, 5.41) is 3.38. The van der Waals surface area contributed by atoms with Crippen molar-refractivity contribution in [3.05, 3.63) is 24.3 Å². The van der Waals surface area contributed by atoms with Gasteiger partial charge < -0.3 is 5.32 Å². The van der Waals surface area contributed by atoms with Crippen LogP contribution in [0.1, 0.15) is 34.6 Å². The Morgan fingerprint density at radius 2 is 1.67 bits per heavy atom. The third kappa shape index (κ3) is 3.73. The van der Waals surface area contributed by atoms with Crippen LogP contribution in [0.2, 0.25) is 0 Å². The van der Waals surface area contributed by atoms with E-state index in [0.29, 0.717) is 10.9 Å². The van der Waals surface area contributed by atoms with Crippen LogP contribution in [-0.4, -0.2) is 20.2 Å². The monoisotopic (exact) mass is 269 g/mol. The fourth-order valence-corrected chi connectivity index (χ4v) is 2.28. The van der Waals surface area contributed by atoms with Crippen LogP contribution < -0.4 is 5.32 Å². The highest BCUT2D eigenvalue weighted by Gasteiger charge is 2.19. The van der Waals surface area contributed by atoms with Crippen molar-refractivity contribution in [3.63, 3.8) is 0 Å². The summed E-state index contributed by atoms with van der Waals surface area (Å²) < 4.78 is 23.3. The molecule has 1 rings (SSSR count). The molecule has 1 unspecified atom stereocenters. The number of hydrogen-bond acceptors (Lipinski definition) is 3. The zero-order chi connectivity index (χ0) is 14.0. The van der Waals surface area contributed by atoms with E-state index in [1.165, 1.54) is 0 Å². The van der Waals surface area contributed by atoms with Gasteiger partial charge in [-0.25, -0.2) is 8.42 Å². The Hall–Kier alpha value is -1.03. The largest absolute Gasteiger partial charge is 0.382 e. The topological polar surface area (TPSA) is 46.2 Å². The Bertz CT molecular complexity index is 484. The second-order valence-corrected chi connectivity index (χ2v) is 7.94. The molecule has 0 saturated heterocycles. The van der Waals surface area contributed by atoms with Crippen molar-refractivity contribution in [2.45, 2.75) is 45.6 Å². The average molecular weight is 269 g/mol. The molecule has 0 amide bonds. The lowest BCUT2D eigenvalue weighted by Gasteiger charge is -2.29. The van der Waals surface area contributed by atoms with Gasteiger partial charge in [0.15, 0.2) is 9.84 Å². The highest BCUT2D eigenvalue weighted by molar-refractivity contribution is 7.91. The van der Waals surface area contributed by atoms with E-state index in [1.807, 2.05) is 12.1 Å². The molecule has 0 bridgehead atoms. The summed E-state index contributed by atoms with van der Waals surface area (Å²) in [6.45, 7) is 10.3. The Balaban J connectivity index is 2.85. The summed E-state index contributed by atoms with van der Waals surface area (Å²) in [5.41, 5.74) is 1.11. The van der Waals surface area contributed by atoms with Crippen molar-refractivity contribution in [2.75, 3.05) is 11.1 Å². The van der Waals surface area contributed by atoms with Gasteiger partial charge in [-0.3, -0.25) is 0 Å². The molecule has 1 aromatic rings. The van der Waals surface area contributed by atoms with Crippen molar-refractivity contribution >= 4 is 15.5 Å². The Morgan fingerprint density at radius 3 is 2.06 bits per heavy atom. The van der Waals surface area contributed by atoms with Crippen LogP contribution in [0.15, 0.2) is 29.2 Å². The molecule has 0 aliphatic carbocycles. The van der Waals surface area contributed by atoms with Gasteiger partial charge in [0.05, 0.1) is 10.6 Å². The lowest BCUT2D eigenvalue weighted by atomic mass is 9.88. The normalized spacial score (nSPS) is 14.3. The number of hydrogen-bond donors (Lipinski definition) is 1. The highest BCUT2D eigenvalue weighted by atomic mass is 32.2.